The Morgan fingerprint density at radius 2 is 1.58 bits per heavy atom. The molecule has 0 unspecified atom stereocenters. The summed E-state index contributed by atoms with van der Waals surface area (Å²) in [6.07, 6.45) is 19.8. The molecule has 0 saturated heterocycles. The molecule has 136 valence electrons. The van der Waals surface area contributed by atoms with Crippen LogP contribution in [0.2, 0.25) is 0 Å². The van der Waals surface area contributed by atoms with Crippen LogP contribution < -0.4 is 0 Å². The summed E-state index contributed by atoms with van der Waals surface area (Å²) in [6.45, 7) is 2.18. The van der Waals surface area contributed by atoms with Crippen LogP contribution >= 0.6 is 0 Å². The van der Waals surface area contributed by atoms with E-state index in [1.165, 1.54) is 19.3 Å². The molecule has 0 rings (SSSR count). The zero-order valence-corrected chi connectivity index (χ0v) is 14.7. The van der Waals surface area contributed by atoms with Crippen molar-refractivity contribution in [2.45, 2.75) is 70.5 Å². The van der Waals surface area contributed by atoms with Crippen LogP contribution in [0.1, 0.15) is 58.3 Å². The van der Waals surface area contributed by atoms with Crippen molar-refractivity contribution in [3.05, 3.63) is 48.6 Å². The molecule has 0 heterocycles. The lowest BCUT2D eigenvalue weighted by molar-refractivity contribution is -0.137. The number of rotatable bonds is 14. The van der Waals surface area contributed by atoms with Crippen molar-refractivity contribution in [3.8, 4) is 0 Å². The van der Waals surface area contributed by atoms with Gasteiger partial charge in [-0.05, 0) is 32.1 Å². The fraction of sp³-hybridized carbons (Fsp3) is 0.550. The molecule has 0 aromatic heterocycles. The minimum absolute atomic E-state index is 0.0778. The van der Waals surface area contributed by atoms with E-state index < -0.39 is 18.2 Å². The third kappa shape index (κ3) is 16.7. The second-order valence-corrected chi connectivity index (χ2v) is 5.78. The van der Waals surface area contributed by atoms with E-state index in [0.717, 1.165) is 6.42 Å². The number of unbranched alkanes of at least 4 members (excludes halogenated alkanes) is 3. The molecule has 0 aliphatic rings. The highest BCUT2D eigenvalue weighted by atomic mass is 16.4. The van der Waals surface area contributed by atoms with Gasteiger partial charge in [0.05, 0.1) is 12.2 Å². The predicted octanol–water partition coefficient (Wildman–Crippen LogP) is 4.16. The normalized spacial score (nSPS) is 15.1. The van der Waals surface area contributed by atoms with Gasteiger partial charge in [-0.2, -0.15) is 0 Å². The van der Waals surface area contributed by atoms with E-state index in [9.17, 15) is 15.0 Å². The Balaban J connectivity index is 3.81. The number of aliphatic hydroxyl groups is 2. The Bertz CT molecular complexity index is 421. The number of carboxylic acids is 1. The van der Waals surface area contributed by atoms with Crippen LogP contribution in [0.25, 0.3) is 0 Å². The largest absolute Gasteiger partial charge is 0.481 e. The lowest BCUT2D eigenvalue weighted by Gasteiger charge is -2.02. The van der Waals surface area contributed by atoms with Gasteiger partial charge in [0.25, 0.3) is 0 Å². The Hall–Kier alpha value is -1.65. The molecule has 0 aromatic rings. The second-order valence-electron chi connectivity index (χ2n) is 5.78. The van der Waals surface area contributed by atoms with Crippen LogP contribution in [-0.4, -0.2) is 33.5 Å². The maximum absolute atomic E-state index is 10.3. The molecule has 2 atom stereocenters. The Morgan fingerprint density at radius 3 is 2.21 bits per heavy atom. The van der Waals surface area contributed by atoms with Gasteiger partial charge in [-0.3, -0.25) is 4.79 Å². The molecule has 0 amide bonds. The fourth-order valence-electron chi connectivity index (χ4n) is 2.02. The van der Waals surface area contributed by atoms with Crippen molar-refractivity contribution >= 4 is 5.97 Å². The Morgan fingerprint density at radius 1 is 0.917 bits per heavy atom. The van der Waals surface area contributed by atoms with Crippen molar-refractivity contribution in [3.63, 3.8) is 0 Å². The van der Waals surface area contributed by atoms with Gasteiger partial charge in [0.2, 0.25) is 0 Å². The third-order valence-corrected chi connectivity index (χ3v) is 3.41. The second kappa shape index (κ2) is 16.2. The van der Waals surface area contributed by atoms with Crippen LogP contribution in [0.4, 0.5) is 0 Å². The van der Waals surface area contributed by atoms with E-state index in [1.54, 1.807) is 36.5 Å². The van der Waals surface area contributed by atoms with E-state index in [-0.39, 0.29) is 6.42 Å². The smallest absolute Gasteiger partial charge is 0.303 e. The molecular formula is C20H32O4. The standard InChI is InChI=1S/C20H32O4/c1-2-3-4-5-6-9-13-18(21)14-10-7-8-11-15-19(22)16-12-17-20(23)24/h6-11,14-15,18-19,21-22H,2-5,12-13,16-17H2,1H3,(H,23,24)/b8-7-,9-6-,14-10+,15-11+/t18-,19-/m1/s1. The number of carboxylic acid groups (broad SMARTS) is 1. The summed E-state index contributed by atoms with van der Waals surface area (Å²) in [5.74, 6) is -0.842. The molecule has 0 fully saturated rings. The van der Waals surface area contributed by atoms with Crippen LogP contribution in [0.15, 0.2) is 48.6 Å². The average Bonchev–Trinajstić information content (AvgIpc) is 2.53. The van der Waals surface area contributed by atoms with Gasteiger partial charge in [-0.15, -0.1) is 0 Å². The molecule has 0 bridgehead atoms. The van der Waals surface area contributed by atoms with E-state index in [4.69, 9.17) is 5.11 Å². The van der Waals surface area contributed by atoms with E-state index in [0.29, 0.717) is 19.3 Å². The molecule has 0 aliphatic carbocycles. The van der Waals surface area contributed by atoms with E-state index in [1.807, 2.05) is 6.08 Å². The minimum atomic E-state index is -0.842. The number of hydrogen-bond donors (Lipinski definition) is 3. The maximum atomic E-state index is 10.3. The first-order valence-electron chi connectivity index (χ1n) is 8.80. The van der Waals surface area contributed by atoms with E-state index in [2.05, 4.69) is 13.0 Å². The van der Waals surface area contributed by atoms with Crippen molar-refractivity contribution in [1.82, 2.24) is 0 Å². The number of carbonyl (C=O) groups is 1. The van der Waals surface area contributed by atoms with Crippen LogP contribution in [0.5, 0.6) is 0 Å². The first kappa shape index (κ1) is 22.4. The molecular weight excluding hydrogens is 304 g/mol. The fourth-order valence-corrected chi connectivity index (χ4v) is 2.02. The molecule has 0 saturated carbocycles. The molecule has 0 spiro atoms. The summed E-state index contributed by atoms with van der Waals surface area (Å²) < 4.78 is 0. The van der Waals surface area contributed by atoms with Crippen LogP contribution in [0.3, 0.4) is 0 Å². The van der Waals surface area contributed by atoms with Crippen molar-refractivity contribution < 1.29 is 20.1 Å². The van der Waals surface area contributed by atoms with Crippen molar-refractivity contribution in [2.24, 2.45) is 0 Å². The molecule has 0 aromatic carbocycles. The van der Waals surface area contributed by atoms with Gasteiger partial charge < -0.3 is 15.3 Å². The maximum Gasteiger partial charge on any atom is 0.303 e. The van der Waals surface area contributed by atoms with Crippen LogP contribution in [0, 0.1) is 0 Å². The summed E-state index contributed by atoms with van der Waals surface area (Å²) >= 11 is 0. The summed E-state index contributed by atoms with van der Waals surface area (Å²) in [7, 11) is 0. The summed E-state index contributed by atoms with van der Waals surface area (Å²) in [5.41, 5.74) is 0. The highest BCUT2D eigenvalue weighted by Gasteiger charge is 2.01. The quantitative estimate of drug-likeness (QED) is 0.253. The SMILES string of the molecule is CCCCC/C=C\C[C@@H](O)/C=C/C=C\C=C\[C@@H](O)CCCC(=O)O. The highest BCUT2D eigenvalue weighted by Crippen LogP contribution is 2.03. The molecule has 0 aliphatic heterocycles. The van der Waals surface area contributed by atoms with Gasteiger partial charge in [0.15, 0.2) is 0 Å². The topological polar surface area (TPSA) is 77.8 Å². The van der Waals surface area contributed by atoms with Crippen molar-refractivity contribution in [2.75, 3.05) is 0 Å². The summed E-state index contributed by atoms with van der Waals surface area (Å²) in [4.78, 5) is 10.3. The first-order chi connectivity index (χ1) is 11.6. The zero-order valence-electron chi connectivity index (χ0n) is 14.7. The summed E-state index contributed by atoms with van der Waals surface area (Å²) in [5, 5.41) is 27.9. The number of allylic oxidation sites excluding steroid dienone is 5. The lowest BCUT2D eigenvalue weighted by Crippen LogP contribution is -2.03. The third-order valence-electron chi connectivity index (χ3n) is 3.41. The average molecular weight is 336 g/mol. The molecule has 3 N–H and O–H groups in total. The van der Waals surface area contributed by atoms with Gasteiger partial charge in [-0.1, -0.05) is 68.4 Å². The number of aliphatic carboxylic acids is 1. The minimum Gasteiger partial charge on any atom is -0.481 e. The molecule has 4 nitrogen and oxygen atoms in total. The highest BCUT2D eigenvalue weighted by molar-refractivity contribution is 5.66. The molecule has 24 heavy (non-hydrogen) atoms. The van der Waals surface area contributed by atoms with Crippen molar-refractivity contribution in [1.29, 1.82) is 0 Å². The summed E-state index contributed by atoms with van der Waals surface area (Å²) in [6, 6.07) is 0. The van der Waals surface area contributed by atoms with Gasteiger partial charge in [-0.25, -0.2) is 0 Å². The molecule has 0 radical (unpaired) electrons. The number of aliphatic hydroxyl groups excluding tert-OH is 2. The predicted molar refractivity (Wildman–Crippen MR) is 98.8 cm³/mol. The zero-order chi connectivity index (χ0) is 18.0. The van der Waals surface area contributed by atoms with E-state index >= 15 is 0 Å². The van der Waals surface area contributed by atoms with Gasteiger partial charge in [0.1, 0.15) is 0 Å². The van der Waals surface area contributed by atoms with Crippen LogP contribution in [-0.2, 0) is 4.79 Å². The Labute approximate surface area is 145 Å². The number of hydrogen-bond acceptors (Lipinski definition) is 3. The Kier molecular flexibility index (Phi) is 15.1. The van der Waals surface area contributed by atoms with Gasteiger partial charge >= 0.3 is 5.97 Å². The van der Waals surface area contributed by atoms with Gasteiger partial charge in [0, 0.05) is 6.42 Å². The lowest BCUT2D eigenvalue weighted by atomic mass is 10.1. The molecule has 4 heteroatoms. The first-order valence-corrected chi connectivity index (χ1v) is 8.80. The monoisotopic (exact) mass is 336 g/mol.